The minimum atomic E-state index is -3.82. The van der Waals surface area contributed by atoms with Gasteiger partial charge in [0.1, 0.15) is 6.04 Å². The van der Waals surface area contributed by atoms with Gasteiger partial charge in [0.25, 0.3) is 0 Å². The van der Waals surface area contributed by atoms with Crippen molar-refractivity contribution in [3.63, 3.8) is 0 Å². The van der Waals surface area contributed by atoms with Crippen LogP contribution in [0.25, 0.3) is 0 Å². The topological polar surface area (TPSA) is 83.5 Å². The summed E-state index contributed by atoms with van der Waals surface area (Å²) >= 11 is 0. The highest BCUT2D eigenvalue weighted by molar-refractivity contribution is 7.89. The molecule has 5 nitrogen and oxygen atoms in total. The predicted molar refractivity (Wildman–Crippen MR) is 77.0 cm³/mol. The van der Waals surface area contributed by atoms with Gasteiger partial charge < -0.3 is 5.11 Å². The first-order valence-corrected chi connectivity index (χ1v) is 7.81. The molecule has 0 saturated carbocycles. The van der Waals surface area contributed by atoms with E-state index >= 15 is 0 Å². The van der Waals surface area contributed by atoms with Crippen LogP contribution in [0.3, 0.4) is 0 Å². The lowest BCUT2D eigenvalue weighted by molar-refractivity contribution is -0.139. The number of aryl methyl sites for hydroxylation is 1. The zero-order valence-electron chi connectivity index (χ0n) is 12.2. The van der Waals surface area contributed by atoms with Gasteiger partial charge in [-0.3, -0.25) is 4.79 Å². The Morgan fingerprint density at radius 3 is 2.15 bits per heavy atom. The molecule has 0 bridgehead atoms. The van der Waals surface area contributed by atoms with Crippen LogP contribution >= 0.6 is 0 Å². The molecule has 1 aromatic carbocycles. The Balaban J connectivity index is 2.97. The average molecular weight is 299 g/mol. The molecule has 0 aliphatic rings. The SMILES string of the molecule is Cc1ccc(S(=O)(=O)N[C@@H](CC(C)(C)C)C(=O)O)cc1. The summed E-state index contributed by atoms with van der Waals surface area (Å²) in [6.45, 7) is 7.44. The van der Waals surface area contributed by atoms with E-state index in [-0.39, 0.29) is 16.7 Å². The minimum absolute atomic E-state index is 0.0725. The zero-order chi connectivity index (χ0) is 15.6. The lowest BCUT2D eigenvalue weighted by Crippen LogP contribution is -2.42. The number of benzene rings is 1. The van der Waals surface area contributed by atoms with Crippen molar-refractivity contribution in [1.29, 1.82) is 0 Å². The van der Waals surface area contributed by atoms with Crippen LogP contribution < -0.4 is 4.72 Å². The first-order valence-electron chi connectivity index (χ1n) is 6.33. The van der Waals surface area contributed by atoms with Crippen LogP contribution in [0, 0.1) is 12.3 Å². The number of sulfonamides is 1. The average Bonchev–Trinajstić information content (AvgIpc) is 2.26. The summed E-state index contributed by atoms with van der Waals surface area (Å²) < 4.78 is 26.6. The molecule has 0 saturated heterocycles. The number of aliphatic carboxylic acids is 1. The summed E-state index contributed by atoms with van der Waals surface area (Å²) in [4.78, 5) is 11.3. The molecule has 0 heterocycles. The van der Waals surface area contributed by atoms with Gasteiger partial charge in [-0.2, -0.15) is 4.72 Å². The van der Waals surface area contributed by atoms with Gasteiger partial charge >= 0.3 is 5.97 Å². The zero-order valence-corrected chi connectivity index (χ0v) is 13.0. The van der Waals surface area contributed by atoms with Crippen molar-refractivity contribution >= 4 is 16.0 Å². The summed E-state index contributed by atoms with van der Waals surface area (Å²) in [6, 6.07) is 5.14. The second kappa shape index (κ2) is 5.93. The molecule has 0 radical (unpaired) electrons. The lowest BCUT2D eigenvalue weighted by atomic mass is 9.88. The fourth-order valence-corrected chi connectivity index (χ4v) is 2.95. The Bertz CT molecular complexity index is 570. The highest BCUT2D eigenvalue weighted by Gasteiger charge is 2.29. The number of carboxylic acid groups (broad SMARTS) is 1. The smallest absolute Gasteiger partial charge is 0.321 e. The summed E-state index contributed by atoms with van der Waals surface area (Å²) in [5, 5.41) is 9.16. The molecule has 6 heteroatoms. The van der Waals surface area contributed by atoms with Crippen molar-refractivity contribution in [2.45, 2.75) is 45.1 Å². The van der Waals surface area contributed by atoms with Crippen molar-refractivity contribution in [2.24, 2.45) is 5.41 Å². The fraction of sp³-hybridized carbons (Fsp3) is 0.500. The second-order valence-corrected chi connectivity index (χ2v) is 7.80. The summed E-state index contributed by atoms with van der Waals surface area (Å²) in [7, 11) is -3.82. The monoisotopic (exact) mass is 299 g/mol. The van der Waals surface area contributed by atoms with Crippen LogP contribution in [0.5, 0.6) is 0 Å². The van der Waals surface area contributed by atoms with Gasteiger partial charge in [0.15, 0.2) is 0 Å². The maximum absolute atomic E-state index is 12.2. The van der Waals surface area contributed by atoms with E-state index in [4.69, 9.17) is 5.11 Å². The van der Waals surface area contributed by atoms with Gasteiger partial charge in [0.05, 0.1) is 4.90 Å². The molecule has 1 atom stereocenters. The Hall–Kier alpha value is -1.40. The molecular weight excluding hydrogens is 278 g/mol. The Morgan fingerprint density at radius 2 is 1.75 bits per heavy atom. The molecule has 0 spiro atoms. The number of hydrogen-bond donors (Lipinski definition) is 2. The predicted octanol–water partition coefficient (Wildman–Crippen LogP) is 2.16. The van der Waals surface area contributed by atoms with Gasteiger partial charge in [-0.1, -0.05) is 38.5 Å². The Kier molecular flexibility index (Phi) is 4.94. The van der Waals surface area contributed by atoms with E-state index in [2.05, 4.69) is 4.72 Å². The summed E-state index contributed by atoms with van der Waals surface area (Å²) in [5.74, 6) is -1.17. The van der Waals surface area contributed by atoms with E-state index in [9.17, 15) is 13.2 Å². The first-order chi connectivity index (χ1) is 9.01. The van der Waals surface area contributed by atoms with E-state index in [1.54, 1.807) is 12.1 Å². The van der Waals surface area contributed by atoms with E-state index < -0.39 is 22.0 Å². The lowest BCUT2D eigenvalue weighted by Gasteiger charge is -2.23. The highest BCUT2D eigenvalue weighted by atomic mass is 32.2. The molecule has 1 aromatic rings. The normalized spacial score (nSPS) is 14.0. The molecule has 0 aliphatic carbocycles. The first kappa shape index (κ1) is 16.7. The van der Waals surface area contributed by atoms with Crippen molar-refractivity contribution in [1.82, 2.24) is 4.72 Å². The summed E-state index contributed by atoms with van der Waals surface area (Å²) in [6.07, 6.45) is 0.216. The number of hydrogen-bond acceptors (Lipinski definition) is 3. The van der Waals surface area contributed by atoms with Crippen LogP contribution in [0.2, 0.25) is 0 Å². The molecule has 0 amide bonds. The Morgan fingerprint density at radius 1 is 1.25 bits per heavy atom. The van der Waals surface area contributed by atoms with Crippen molar-refractivity contribution < 1.29 is 18.3 Å². The third kappa shape index (κ3) is 4.94. The standard InChI is InChI=1S/C14H21NO4S/c1-10-5-7-11(8-6-10)20(18,19)15-12(13(16)17)9-14(2,3)4/h5-8,12,15H,9H2,1-4H3,(H,16,17)/t12-/m0/s1. The maximum Gasteiger partial charge on any atom is 0.321 e. The molecule has 0 fully saturated rings. The maximum atomic E-state index is 12.2. The molecule has 0 aromatic heterocycles. The number of carboxylic acids is 1. The molecule has 2 N–H and O–H groups in total. The fourth-order valence-electron chi connectivity index (χ4n) is 1.76. The van der Waals surface area contributed by atoms with E-state index in [1.165, 1.54) is 12.1 Å². The molecule has 112 valence electrons. The molecular formula is C14H21NO4S. The van der Waals surface area contributed by atoms with Crippen LogP contribution in [-0.4, -0.2) is 25.5 Å². The molecule has 1 rings (SSSR count). The third-order valence-corrected chi connectivity index (χ3v) is 4.23. The van der Waals surface area contributed by atoms with Crippen molar-refractivity contribution in [3.05, 3.63) is 29.8 Å². The van der Waals surface area contributed by atoms with Gasteiger partial charge in [0, 0.05) is 0 Å². The number of nitrogens with one attached hydrogen (secondary N) is 1. The van der Waals surface area contributed by atoms with Crippen LogP contribution in [0.4, 0.5) is 0 Å². The van der Waals surface area contributed by atoms with Gasteiger partial charge in [-0.05, 0) is 30.9 Å². The largest absolute Gasteiger partial charge is 0.480 e. The molecule has 0 aliphatic heterocycles. The number of rotatable bonds is 5. The van der Waals surface area contributed by atoms with Gasteiger partial charge in [-0.25, -0.2) is 8.42 Å². The van der Waals surface area contributed by atoms with E-state index in [1.807, 2.05) is 27.7 Å². The Labute approximate surface area is 120 Å². The second-order valence-electron chi connectivity index (χ2n) is 6.09. The number of carbonyl (C=O) groups is 1. The van der Waals surface area contributed by atoms with Crippen molar-refractivity contribution in [2.75, 3.05) is 0 Å². The third-order valence-electron chi connectivity index (χ3n) is 2.74. The van der Waals surface area contributed by atoms with Crippen molar-refractivity contribution in [3.8, 4) is 0 Å². The van der Waals surface area contributed by atoms with E-state index in [0.717, 1.165) is 5.56 Å². The van der Waals surface area contributed by atoms with Gasteiger partial charge in [-0.15, -0.1) is 0 Å². The molecule has 20 heavy (non-hydrogen) atoms. The summed E-state index contributed by atoms with van der Waals surface area (Å²) in [5.41, 5.74) is 0.646. The van der Waals surface area contributed by atoms with E-state index in [0.29, 0.717) is 0 Å². The highest BCUT2D eigenvalue weighted by Crippen LogP contribution is 2.22. The quantitative estimate of drug-likeness (QED) is 0.872. The van der Waals surface area contributed by atoms with Crippen LogP contribution in [-0.2, 0) is 14.8 Å². The minimum Gasteiger partial charge on any atom is -0.480 e. The van der Waals surface area contributed by atoms with Crippen LogP contribution in [0.15, 0.2) is 29.2 Å². The molecule has 0 unspecified atom stereocenters. The van der Waals surface area contributed by atoms with Crippen LogP contribution in [0.1, 0.15) is 32.8 Å². The van der Waals surface area contributed by atoms with Gasteiger partial charge in [0.2, 0.25) is 10.0 Å².